The van der Waals surface area contributed by atoms with Crippen LogP contribution in [-0.4, -0.2) is 11.6 Å². The van der Waals surface area contributed by atoms with Crippen LogP contribution in [0.3, 0.4) is 0 Å². The summed E-state index contributed by atoms with van der Waals surface area (Å²) in [6.07, 6.45) is 0. The first-order valence-electron chi connectivity index (χ1n) is 7.28. The molecule has 2 aromatic rings. The third kappa shape index (κ3) is 3.35. The van der Waals surface area contributed by atoms with E-state index in [1.165, 1.54) is 6.92 Å². The van der Waals surface area contributed by atoms with Crippen LogP contribution >= 0.6 is 0 Å². The molecule has 0 aliphatic heterocycles. The van der Waals surface area contributed by atoms with Crippen LogP contribution in [0.15, 0.2) is 54.6 Å². The first-order valence-corrected chi connectivity index (χ1v) is 7.28. The average Bonchev–Trinajstić information content (AvgIpc) is 2.47. The zero-order valence-electron chi connectivity index (χ0n) is 13.4. The number of ether oxygens (including phenoxy) is 1. The highest BCUT2D eigenvalue weighted by Crippen LogP contribution is 2.35. The monoisotopic (exact) mass is 300 g/mol. The Labute approximate surface area is 130 Å². The van der Waals surface area contributed by atoms with Crippen molar-refractivity contribution in [2.45, 2.75) is 33.4 Å². The molecule has 0 aliphatic rings. The molecule has 0 fully saturated rings. The van der Waals surface area contributed by atoms with E-state index in [0.29, 0.717) is 5.75 Å². The molecular weight excluding hydrogens is 279 g/mol. The smallest absolute Gasteiger partial charge is 0.349 e. The van der Waals surface area contributed by atoms with Crippen LogP contribution in [0, 0.1) is 5.41 Å². The van der Waals surface area contributed by atoms with Gasteiger partial charge in [0.15, 0.2) is 0 Å². The molecule has 0 saturated carbocycles. The van der Waals surface area contributed by atoms with Gasteiger partial charge in [-0.3, -0.25) is 0 Å². The fourth-order valence-electron chi connectivity index (χ4n) is 1.86. The van der Waals surface area contributed by atoms with Crippen molar-refractivity contribution >= 4 is 5.97 Å². The first kappa shape index (κ1) is 16.2. The summed E-state index contributed by atoms with van der Waals surface area (Å²) in [5.74, 6) is -0.523. The van der Waals surface area contributed by atoms with E-state index in [0.717, 1.165) is 11.1 Å². The maximum Gasteiger partial charge on any atom is 0.349 e. The molecule has 0 amide bonds. The Morgan fingerprint density at radius 3 is 1.86 bits per heavy atom. The molecule has 0 radical (unpaired) electrons. The number of benzene rings is 2. The van der Waals surface area contributed by atoms with Crippen LogP contribution in [0.1, 0.15) is 27.7 Å². The molecule has 22 heavy (non-hydrogen) atoms. The van der Waals surface area contributed by atoms with E-state index >= 15 is 0 Å². The summed E-state index contributed by atoms with van der Waals surface area (Å²) >= 11 is 0. The number of carbonyl (C=O) groups excluding carboxylic acids is 1. The number of hydrogen-bond acceptors (Lipinski definition) is 2. The van der Waals surface area contributed by atoms with Crippen molar-refractivity contribution in [1.82, 2.24) is 0 Å². The molecule has 0 bridgehead atoms. The van der Waals surface area contributed by atoms with Crippen molar-refractivity contribution in [1.29, 1.82) is 0 Å². The number of halogens is 1. The third-order valence-corrected chi connectivity index (χ3v) is 3.96. The van der Waals surface area contributed by atoms with Gasteiger partial charge in [-0.2, -0.15) is 0 Å². The second-order valence-corrected chi connectivity index (χ2v) is 6.53. The Kier molecular flexibility index (Phi) is 4.36. The molecule has 0 N–H and O–H groups in total. The number of carbonyl (C=O) groups is 1. The molecule has 2 aromatic carbocycles. The molecule has 0 aliphatic carbocycles. The Morgan fingerprint density at radius 2 is 1.36 bits per heavy atom. The van der Waals surface area contributed by atoms with Gasteiger partial charge >= 0.3 is 5.97 Å². The Balaban J connectivity index is 2.14. The topological polar surface area (TPSA) is 26.3 Å². The molecule has 0 saturated heterocycles. The summed E-state index contributed by atoms with van der Waals surface area (Å²) in [6.45, 7) is 6.28. The SMILES string of the molecule is CC(C)(C)C(C)(F)C(=O)Oc1ccc(-c2ccccc2)cc1. The van der Waals surface area contributed by atoms with Crippen LogP contribution in [0.4, 0.5) is 4.39 Å². The van der Waals surface area contributed by atoms with E-state index in [4.69, 9.17) is 4.74 Å². The molecular formula is C19H21FO2. The summed E-state index contributed by atoms with van der Waals surface area (Å²) in [4.78, 5) is 12.0. The van der Waals surface area contributed by atoms with Gasteiger partial charge in [0.2, 0.25) is 5.67 Å². The lowest BCUT2D eigenvalue weighted by Crippen LogP contribution is -2.45. The van der Waals surface area contributed by atoms with Gasteiger partial charge < -0.3 is 4.74 Å². The first-order chi connectivity index (χ1) is 10.2. The van der Waals surface area contributed by atoms with Crippen molar-refractivity contribution < 1.29 is 13.9 Å². The highest BCUT2D eigenvalue weighted by molar-refractivity contribution is 5.82. The minimum absolute atomic E-state index is 0.345. The maximum atomic E-state index is 14.5. The normalized spacial score (nSPS) is 14.2. The molecule has 3 heteroatoms. The van der Waals surface area contributed by atoms with Crippen LogP contribution in [-0.2, 0) is 4.79 Å². The summed E-state index contributed by atoms with van der Waals surface area (Å²) in [5.41, 5.74) is -0.788. The number of alkyl halides is 1. The summed E-state index contributed by atoms with van der Waals surface area (Å²) in [7, 11) is 0. The van der Waals surface area contributed by atoms with Gasteiger partial charge in [0.05, 0.1) is 0 Å². The molecule has 0 spiro atoms. The lowest BCUT2D eigenvalue weighted by Gasteiger charge is -2.31. The second-order valence-electron chi connectivity index (χ2n) is 6.53. The average molecular weight is 300 g/mol. The van der Waals surface area contributed by atoms with Crippen LogP contribution in [0.2, 0.25) is 0 Å². The molecule has 1 atom stereocenters. The zero-order chi connectivity index (χ0) is 16.4. The highest BCUT2D eigenvalue weighted by atomic mass is 19.1. The molecule has 2 nitrogen and oxygen atoms in total. The Morgan fingerprint density at radius 1 is 0.864 bits per heavy atom. The summed E-state index contributed by atoms with van der Waals surface area (Å²) in [5, 5.41) is 0. The molecule has 116 valence electrons. The van der Waals surface area contributed by atoms with E-state index in [2.05, 4.69) is 0 Å². The van der Waals surface area contributed by atoms with Crippen molar-refractivity contribution in [3.05, 3.63) is 54.6 Å². The van der Waals surface area contributed by atoms with Gasteiger partial charge in [-0.1, -0.05) is 63.2 Å². The Hall–Kier alpha value is -2.16. The zero-order valence-corrected chi connectivity index (χ0v) is 13.4. The Bertz CT molecular complexity index is 637. The van der Waals surface area contributed by atoms with Gasteiger partial charge in [-0.15, -0.1) is 0 Å². The van der Waals surface area contributed by atoms with E-state index in [9.17, 15) is 9.18 Å². The van der Waals surface area contributed by atoms with E-state index in [-0.39, 0.29) is 0 Å². The maximum absolute atomic E-state index is 14.5. The fourth-order valence-corrected chi connectivity index (χ4v) is 1.86. The molecule has 1 unspecified atom stereocenters. The summed E-state index contributed by atoms with van der Waals surface area (Å²) < 4.78 is 19.7. The molecule has 2 rings (SSSR count). The quantitative estimate of drug-likeness (QED) is 0.587. The predicted molar refractivity (Wildman–Crippen MR) is 86.5 cm³/mol. The number of hydrogen-bond donors (Lipinski definition) is 0. The lowest BCUT2D eigenvalue weighted by molar-refractivity contribution is -0.154. The summed E-state index contributed by atoms with van der Waals surface area (Å²) in [6, 6.07) is 16.9. The minimum Gasteiger partial charge on any atom is -0.424 e. The second kappa shape index (κ2) is 5.91. The third-order valence-electron chi connectivity index (χ3n) is 3.96. The fraction of sp³-hybridized carbons (Fsp3) is 0.316. The van der Waals surface area contributed by atoms with Gasteiger partial charge in [-0.05, 0) is 30.2 Å². The van der Waals surface area contributed by atoms with Crippen LogP contribution < -0.4 is 4.74 Å². The standard InChI is InChI=1S/C19H21FO2/c1-18(2,3)19(4,20)17(21)22-16-12-10-15(11-13-16)14-8-6-5-7-9-14/h5-13H,1-4H3. The largest absolute Gasteiger partial charge is 0.424 e. The number of rotatable bonds is 3. The van der Waals surface area contributed by atoms with Gasteiger partial charge in [0, 0.05) is 5.41 Å². The van der Waals surface area contributed by atoms with E-state index in [1.807, 2.05) is 42.5 Å². The van der Waals surface area contributed by atoms with Crippen LogP contribution in [0.5, 0.6) is 5.75 Å². The lowest BCUT2D eigenvalue weighted by atomic mass is 9.79. The van der Waals surface area contributed by atoms with Gasteiger partial charge in [0.1, 0.15) is 5.75 Å². The molecule has 0 aromatic heterocycles. The van der Waals surface area contributed by atoms with Crippen molar-refractivity contribution in [2.75, 3.05) is 0 Å². The van der Waals surface area contributed by atoms with Crippen LogP contribution in [0.25, 0.3) is 11.1 Å². The van der Waals surface area contributed by atoms with Crippen molar-refractivity contribution in [3.63, 3.8) is 0 Å². The number of esters is 1. The van der Waals surface area contributed by atoms with E-state index in [1.54, 1.807) is 32.9 Å². The minimum atomic E-state index is -2.05. The predicted octanol–water partition coefficient (Wildman–Crippen LogP) is 5.03. The van der Waals surface area contributed by atoms with E-state index < -0.39 is 17.1 Å². The highest BCUT2D eigenvalue weighted by Gasteiger charge is 2.46. The van der Waals surface area contributed by atoms with Gasteiger partial charge in [-0.25, -0.2) is 9.18 Å². The van der Waals surface area contributed by atoms with Gasteiger partial charge in [0.25, 0.3) is 0 Å². The van der Waals surface area contributed by atoms with Crippen molar-refractivity contribution in [3.8, 4) is 16.9 Å². The molecule has 0 heterocycles. The van der Waals surface area contributed by atoms with Crippen molar-refractivity contribution in [2.24, 2.45) is 5.41 Å².